The van der Waals surface area contributed by atoms with Gasteiger partial charge in [0.1, 0.15) is 0 Å². The van der Waals surface area contributed by atoms with Gasteiger partial charge in [-0.25, -0.2) is 0 Å². The zero-order valence-corrected chi connectivity index (χ0v) is 8.45. The second-order valence-corrected chi connectivity index (χ2v) is 3.82. The normalized spacial score (nSPS) is 14.8. The van der Waals surface area contributed by atoms with E-state index in [0.29, 0.717) is 10.6 Å². The van der Waals surface area contributed by atoms with E-state index in [1.54, 1.807) is 13.0 Å². The third-order valence-corrected chi connectivity index (χ3v) is 2.09. The molecule has 0 radical (unpaired) electrons. The van der Waals surface area contributed by atoms with Gasteiger partial charge in [-0.3, -0.25) is 9.78 Å². The Morgan fingerprint density at radius 3 is 2.86 bits per heavy atom. The number of rotatable bonds is 3. The van der Waals surface area contributed by atoms with Crippen LogP contribution in [0.3, 0.4) is 0 Å². The van der Waals surface area contributed by atoms with E-state index in [-0.39, 0.29) is 6.42 Å². The molecule has 0 saturated heterocycles. The Labute approximate surface area is 86.7 Å². The predicted molar refractivity (Wildman–Crippen MR) is 53.0 cm³/mol. The summed E-state index contributed by atoms with van der Waals surface area (Å²) in [6, 6.07) is 1.62. The molecule has 1 atom stereocenters. The Kier molecular flexibility index (Phi) is 3.08. The van der Waals surface area contributed by atoms with Crippen molar-refractivity contribution in [2.45, 2.75) is 18.9 Å². The molecule has 3 N–H and O–H groups in total. The first kappa shape index (κ1) is 10.9. The third kappa shape index (κ3) is 2.68. The van der Waals surface area contributed by atoms with E-state index in [9.17, 15) is 4.79 Å². The van der Waals surface area contributed by atoms with Crippen LogP contribution in [-0.4, -0.2) is 16.1 Å². The summed E-state index contributed by atoms with van der Waals surface area (Å²) in [5, 5.41) is 9.09. The topological polar surface area (TPSA) is 76.2 Å². The fourth-order valence-corrected chi connectivity index (χ4v) is 1.31. The lowest BCUT2D eigenvalue weighted by Crippen LogP contribution is -2.35. The minimum absolute atomic E-state index is 0.158. The van der Waals surface area contributed by atoms with Crippen molar-refractivity contribution in [1.82, 2.24) is 4.98 Å². The highest BCUT2D eigenvalue weighted by Gasteiger charge is 2.25. The first-order valence-electron chi connectivity index (χ1n) is 4.03. The lowest BCUT2D eigenvalue weighted by Gasteiger charge is -2.22. The van der Waals surface area contributed by atoms with Crippen LogP contribution in [0.4, 0.5) is 0 Å². The fourth-order valence-electron chi connectivity index (χ4n) is 1.14. The molecule has 0 aromatic carbocycles. The van der Waals surface area contributed by atoms with Gasteiger partial charge >= 0.3 is 5.97 Å². The number of nitrogens with two attached hydrogens (primary N) is 1. The van der Waals surface area contributed by atoms with Gasteiger partial charge in [0, 0.05) is 12.4 Å². The molecular weight excluding hydrogens is 204 g/mol. The molecule has 4 nitrogen and oxygen atoms in total. The average Bonchev–Trinajstić information content (AvgIpc) is 2.01. The van der Waals surface area contributed by atoms with Gasteiger partial charge in [-0.05, 0) is 18.6 Å². The maximum Gasteiger partial charge on any atom is 0.305 e. The SMILES string of the molecule is C[C@](N)(CC(=O)O)c1cncc(Cl)c1. The smallest absolute Gasteiger partial charge is 0.305 e. The Balaban J connectivity index is 2.97. The number of aromatic nitrogens is 1. The molecule has 0 amide bonds. The highest BCUT2D eigenvalue weighted by Crippen LogP contribution is 2.22. The molecule has 0 bridgehead atoms. The van der Waals surface area contributed by atoms with Crippen LogP contribution >= 0.6 is 11.6 Å². The predicted octanol–water partition coefficient (Wildman–Crippen LogP) is 1.38. The summed E-state index contributed by atoms with van der Waals surface area (Å²) in [5.74, 6) is -0.949. The minimum atomic E-state index is -0.949. The standard InChI is InChI=1S/C9H11ClN2O2/c1-9(11,3-8(13)14)6-2-7(10)5-12-4-6/h2,4-5H,3,11H2,1H3,(H,13,14)/t9-/m0/s1. The van der Waals surface area contributed by atoms with Crippen LogP contribution in [0.2, 0.25) is 5.02 Å². The van der Waals surface area contributed by atoms with Crippen molar-refractivity contribution in [2.24, 2.45) is 5.73 Å². The molecule has 0 aliphatic rings. The van der Waals surface area contributed by atoms with Gasteiger partial charge in [-0.15, -0.1) is 0 Å². The second kappa shape index (κ2) is 3.94. The van der Waals surface area contributed by atoms with Crippen molar-refractivity contribution < 1.29 is 9.90 Å². The molecule has 0 saturated carbocycles. The highest BCUT2D eigenvalue weighted by molar-refractivity contribution is 6.30. The molecular formula is C9H11ClN2O2. The van der Waals surface area contributed by atoms with Crippen molar-refractivity contribution in [3.8, 4) is 0 Å². The van der Waals surface area contributed by atoms with Crippen LogP contribution in [0, 0.1) is 0 Å². The largest absolute Gasteiger partial charge is 0.481 e. The van der Waals surface area contributed by atoms with Gasteiger partial charge in [0.25, 0.3) is 0 Å². The molecule has 1 heterocycles. The zero-order chi connectivity index (χ0) is 10.8. The van der Waals surface area contributed by atoms with E-state index < -0.39 is 11.5 Å². The third-order valence-electron chi connectivity index (χ3n) is 1.88. The van der Waals surface area contributed by atoms with Crippen LogP contribution in [-0.2, 0) is 10.3 Å². The first-order valence-corrected chi connectivity index (χ1v) is 4.41. The van der Waals surface area contributed by atoms with Gasteiger partial charge in [0.15, 0.2) is 0 Å². The van der Waals surface area contributed by atoms with E-state index in [4.69, 9.17) is 22.4 Å². The van der Waals surface area contributed by atoms with Crippen LogP contribution in [0.15, 0.2) is 18.5 Å². The van der Waals surface area contributed by atoms with E-state index in [1.165, 1.54) is 12.4 Å². The van der Waals surface area contributed by atoms with E-state index in [2.05, 4.69) is 4.98 Å². The van der Waals surface area contributed by atoms with Gasteiger partial charge in [0.05, 0.1) is 17.0 Å². The van der Waals surface area contributed by atoms with Crippen molar-refractivity contribution in [3.63, 3.8) is 0 Å². The minimum Gasteiger partial charge on any atom is -0.481 e. The number of halogens is 1. The Morgan fingerprint density at radius 1 is 1.71 bits per heavy atom. The van der Waals surface area contributed by atoms with E-state index >= 15 is 0 Å². The molecule has 0 aliphatic carbocycles. The zero-order valence-electron chi connectivity index (χ0n) is 7.70. The monoisotopic (exact) mass is 214 g/mol. The average molecular weight is 215 g/mol. The Bertz CT molecular complexity index is 352. The maximum atomic E-state index is 10.5. The van der Waals surface area contributed by atoms with Crippen molar-refractivity contribution in [1.29, 1.82) is 0 Å². The fraction of sp³-hybridized carbons (Fsp3) is 0.333. The van der Waals surface area contributed by atoms with Crippen LogP contribution in [0.5, 0.6) is 0 Å². The molecule has 5 heteroatoms. The summed E-state index contributed by atoms with van der Waals surface area (Å²) < 4.78 is 0. The number of pyridine rings is 1. The molecule has 1 rings (SSSR count). The molecule has 0 fully saturated rings. The molecule has 14 heavy (non-hydrogen) atoms. The molecule has 1 aromatic rings. The summed E-state index contributed by atoms with van der Waals surface area (Å²) in [6.07, 6.45) is 2.84. The van der Waals surface area contributed by atoms with Crippen LogP contribution < -0.4 is 5.73 Å². The van der Waals surface area contributed by atoms with Crippen molar-refractivity contribution in [3.05, 3.63) is 29.0 Å². The lowest BCUT2D eigenvalue weighted by atomic mass is 9.91. The summed E-state index contributed by atoms with van der Waals surface area (Å²) >= 11 is 5.72. The highest BCUT2D eigenvalue weighted by atomic mass is 35.5. The maximum absolute atomic E-state index is 10.5. The van der Waals surface area contributed by atoms with Gasteiger partial charge in [0.2, 0.25) is 0 Å². The number of hydrogen-bond acceptors (Lipinski definition) is 3. The van der Waals surface area contributed by atoms with Gasteiger partial charge in [-0.1, -0.05) is 11.6 Å². The van der Waals surface area contributed by atoms with Crippen molar-refractivity contribution >= 4 is 17.6 Å². The number of carboxylic acids is 1. The molecule has 0 aliphatic heterocycles. The number of aliphatic carboxylic acids is 1. The molecule has 1 aromatic heterocycles. The molecule has 76 valence electrons. The van der Waals surface area contributed by atoms with Crippen LogP contribution in [0.25, 0.3) is 0 Å². The quantitative estimate of drug-likeness (QED) is 0.797. The van der Waals surface area contributed by atoms with Crippen molar-refractivity contribution in [2.75, 3.05) is 0 Å². The molecule has 0 spiro atoms. The summed E-state index contributed by atoms with van der Waals surface area (Å²) in [4.78, 5) is 14.4. The lowest BCUT2D eigenvalue weighted by molar-refractivity contribution is -0.138. The number of carbonyl (C=O) groups is 1. The van der Waals surface area contributed by atoms with Gasteiger partial charge < -0.3 is 10.8 Å². The van der Waals surface area contributed by atoms with E-state index in [1.807, 2.05) is 0 Å². The molecule has 0 unspecified atom stereocenters. The summed E-state index contributed by atoms with van der Waals surface area (Å²) in [6.45, 7) is 1.63. The number of hydrogen-bond donors (Lipinski definition) is 2. The second-order valence-electron chi connectivity index (χ2n) is 3.38. The van der Waals surface area contributed by atoms with Crippen LogP contribution in [0.1, 0.15) is 18.9 Å². The summed E-state index contributed by atoms with van der Waals surface area (Å²) in [5.41, 5.74) is 5.51. The van der Waals surface area contributed by atoms with E-state index in [0.717, 1.165) is 0 Å². The number of carboxylic acid groups (broad SMARTS) is 1. The number of nitrogens with zero attached hydrogens (tertiary/aromatic N) is 1. The van der Waals surface area contributed by atoms with Gasteiger partial charge in [-0.2, -0.15) is 0 Å². The summed E-state index contributed by atoms with van der Waals surface area (Å²) in [7, 11) is 0. The Morgan fingerprint density at radius 2 is 2.36 bits per heavy atom. The Hall–Kier alpha value is -1.13. The first-order chi connectivity index (χ1) is 6.42.